The van der Waals surface area contributed by atoms with Gasteiger partial charge in [-0.2, -0.15) is 5.10 Å². The minimum Gasteiger partial charge on any atom is -0.497 e. The van der Waals surface area contributed by atoms with Crippen LogP contribution in [-0.2, 0) is 11.2 Å². The van der Waals surface area contributed by atoms with E-state index in [0.29, 0.717) is 12.3 Å². The molecule has 4 nitrogen and oxygen atoms in total. The second kappa shape index (κ2) is 6.51. The van der Waals surface area contributed by atoms with E-state index in [-0.39, 0.29) is 5.91 Å². The van der Waals surface area contributed by atoms with Crippen molar-refractivity contribution in [1.29, 1.82) is 0 Å². The van der Waals surface area contributed by atoms with Crippen LogP contribution in [0, 0.1) is 17.8 Å². The number of rotatable bonds is 5. The average Bonchev–Trinajstić information content (AvgIpc) is 3.16. The number of hydrogen-bond acceptors (Lipinski definition) is 3. The van der Waals surface area contributed by atoms with E-state index in [1.54, 1.807) is 7.11 Å². The van der Waals surface area contributed by atoms with Crippen molar-refractivity contribution >= 4 is 11.6 Å². The lowest BCUT2D eigenvalue weighted by atomic mass is 9.86. The van der Waals surface area contributed by atoms with E-state index in [0.717, 1.165) is 28.9 Å². The van der Waals surface area contributed by atoms with E-state index in [9.17, 15) is 4.79 Å². The van der Waals surface area contributed by atoms with Gasteiger partial charge >= 0.3 is 0 Å². The lowest BCUT2D eigenvalue weighted by Gasteiger charge is -2.21. The highest BCUT2D eigenvalue weighted by atomic mass is 16.5. The summed E-state index contributed by atoms with van der Waals surface area (Å²) < 4.78 is 5.11. The second-order valence-corrected chi connectivity index (χ2v) is 6.59. The van der Waals surface area contributed by atoms with Gasteiger partial charge in [0, 0.05) is 11.6 Å². The number of nitrogens with one attached hydrogen (secondary N) is 1. The molecule has 0 saturated heterocycles. The first-order valence-corrected chi connectivity index (χ1v) is 8.11. The van der Waals surface area contributed by atoms with Gasteiger partial charge in [-0.3, -0.25) is 4.79 Å². The highest BCUT2D eigenvalue weighted by Gasteiger charge is 2.40. The third-order valence-electron chi connectivity index (χ3n) is 5.16. The zero-order chi connectivity index (χ0) is 15.5. The number of amides is 1. The molecule has 1 N–H and O–H groups in total. The van der Waals surface area contributed by atoms with E-state index in [4.69, 9.17) is 4.74 Å². The number of nitrogens with zero attached hydrogens (tertiary/aromatic N) is 1. The van der Waals surface area contributed by atoms with Crippen LogP contribution in [0.1, 0.15) is 38.2 Å². The monoisotopic (exact) mass is 300 g/mol. The molecule has 0 aliphatic heterocycles. The molecule has 1 aromatic rings. The molecule has 4 heteroatoms. The van der Waals surface area contributed by atoms with Crippen LogP contribution in [-0.4, -0.2) is 18.7 Å². The van der Waals surface area contributed by atoms with Crippen LogP contribution in [0.25, 0.3) is 0 Å². The Kier molecular flexibility index (Phi) is 4.46. The second-order valence-electron chi connectivity index (χ2n) is 6.59. The van der Waals surface area contributed by atoms with Crippen molar-refractivity contribution in [2.75, 3.05) is 7.11 Å². The molecule has 3 atom stereocenters. The molecule has 2 aliphatic rings. The summed E-state index contributed by atoms with van der Waals surface area (Å²) in [7, 11) is 1.63. The summed E-state index contributed by atoms with van der Waals surface area (Å²) in [4.78, 5) is 12.0. The number of carbonyl (C=O) groups excluding carboxylic acids is 1. The fourth-order valence-corrected chi connectivity index (χ4v) is 3.96. The van der Waals surface area contributed by atoms with Gasteiger partial charge in [-0.05, 0) is 55.7 Å². The summed E-state index contributed by atoms with van der Waals surface area (Å²) in [6, 6.07) is 7.55. The van der Waals surface area contributed by atoms with Crippen molar-refractivity contribution in [1.82, 2.24) is 5.43 Å². The molecule has 0 unspecified atom stereocenters. The zero-order valence-corrected chi connectivity index (χ0v) is 13.3. The Morgan fingerprint density at radius 1 is 1.27 bits per heavy atom. The van der Waals surface area contributed by atoms with Crippen molar-refractivity contribution < 1.29 is 9.53 Å². The molecule has 1 aromatic carbocycles. The Morgan fingerprint density at radius 3 is 2.64 bits per heavy atom. The van der Waals surface area contributed by atoms with Crippen LogP contribution in [0.5, 0.6) is 5.75 Å². The lowest BCUT2D eigenvalue weighted by molar-refractivity contribution is -0.120. The maximum Gasteiger partial charge on any atom is 0.244 e. The molecule has 0 radical (unpaired) electrons. The summed E-state index contributed by atoms with van der Waals surface area (Å²) in [6.45, 7) is 2.05. The van der Waals surface area contributed by atoms with E-state index in [1.807, 2.05) is 24.3 Å². The van der Waals surface area contributed by atoms with Crippen molar-refractivity contribution in [3.63, 3.8) is 0 Å². The summed E-state index contributed by atoms with van der Waals surface area (Å²) in [5.74, 6) is 3.02. The van der Waals surface area contributed by atoms with Gasteiger partial charge in [0.2, 0.25) is 5.91 Å². The molecule has 22 heavy (non-hydrogen) atoms. The third-order valence-corrected chi connectivity index (χ3v) is 5.16. The number of hydrazone groups is 1. The van der Waals surface area contributed by atoms with Crippen molar-refractivity contribution in [2.45, 2.75) is 39.0 Å². The Labute approximate surface area is 131 Å². The molecule has 2 fully saturated rings. The van der Waals surface area contributed by atoms with E-state index in [1.165, 1.54) is 25.7 Å². The predicted octanol–water partition coefficient (Wildman–Crippen LogP) is 3.17. The predicted molar refractivity (Wildman–Crippen MR) is 86.9 cm³/mol. The molecule has 2 saturated carbocycles. The maximum atomic E-state index is 12.0. The summed E-state index contributed by atoms with van der Waals surface area (Å²) in [5, 5.41) is 4.35. The van der Waals surface area contributed by atoms with Crippen LogP contribution in [0.3, 0.4) is 0 Å². The Morgan fingerprint density at radius 2 is 2.05 bits per heavy atom. The topological polar surface area (TPSA) is 50.7 Å². The summed E-state index contributed by atoms with van der Waals surface area (Å²) >= 11 is 0. The first-order valence-electron chi connectivity index (χ1n) is 8.11. The van der Waals surface area contributed by atoms with Crippen LogP contribution in [0.4, 0.5) is 0 Å². The quantitative estimate of drug-likeness (QED) is 0.671. The molecular weight excluding hydrogens is 276 g/mol. The molecule has 2 aliphatic carbocycles. The van der Waals surface area contributed by atoms with E-state index < -0.39 is 0 Å². The molecule has 3 rings (SSSR count). The SMILES string of the molecule is COc1ccc(CC(=O)N/N=C(/C)[C@@H]2C[C@H]3CC[C@@H]2C3)cc1. The molecular formula is C18H24N2O2. The maximum absolute atomic E-state index is 12.0. The molecule has 0 aromatic heterocycles. The lowest BCUT2D eigenvalue weighted by Crippen LogP contribution is -2.25. The van der Waals surface area contributed by atoms with Gasteiger partial charge in [-0.15, -0.1) is 0 Å². The first kappa shape index (κ1) is 15.1. The van der Waals surface area contributed by atoms with Crippen LogP contribution in [0.2, 0.25) is 0 Å². The van der Waals surface area contributed by atoms with E-state index in [2.05, 4.69) is 17.5 Å². The van der Waals surface area contributed by atoms with Crippen LogP contribution >= 0.6 is 0 Å². The fourth-order valence-electron chi connectivity index (χ4n) is 3.96. The van der Waals surface area contributed by atoms with E-state index >= 15 is 0 Å². The smallest absolute Gasteiger partial charge is 0.244 e. The van der Waals surface area contributed by atoms with Gasteiger partial charge in [0.05, 0.1) is 13.5 Å². The largest absolute Gasteiger partial charge is 0.497 e. The van der Waals surface area contributed by atoms with Gasteiger partial charge in [0.25, 0.3) is 0 Å². The summed E-state index contributed by atoms with van der Waals surface area (Å²) in [5.41, 5.74) is 4.77. The van der Waals surface area contributed by atoms with Gasteiger partial charge in [-0.1, -0.05) is 18.6 Å². The molecule has 0 spiro atoms. The van der Waals surface area contributed by atoms with Crippen molar-refractivity contribution in [3.8, 4) is 5.75 Å². The minimum atomic E-state index is -0.0623. The zero-order valence-electron chi connectivity index (χ0n) is 13.3. The summed E-state index contributed by atoms with van der Waals surface area (Å²) in [6.07, 6.45) is 5.68. The van der Waals surface area contributed by atoms with Crippen LogP contribution in [0.15, 0.2) is 29.4 Å². The molecule has 118 valence electrons. The standard InChI is InChI=1S/C18H24N2O2/c1-12(17-10-14-3-6-15(17)9-14)19-20-18(21)11-13-4-7-16(22-2)8-5-13/h4-5,7-8,14-15,17H,3,6,9-11H2,1-2H3,(H,20,21)/b19-12-/t14-,15+,17-/m0/s1. The number of carbonyl (C=O) groups is 1. The number of hydrogen-bond donors (Lipinski definition) is 1. The highest BCUT2D eigenvalue weighted by Crippen LogP contribution is 2.48. The molecule has 2 bridgehead atoms. The van der Waals surface area contributed by atoms with Gasteiger partial charge in [-0.25, -0.2) is 5.43 Å². The molecule has 0 heterocycles. The first-order chi connectivity index (χ1) is 10.7. The van der Waals surface area contributed by atoms with Gasteiger partial charge in [0.15, 0.2) is 0 Å². The normalized spacial score (nSPS) is 27.0. The minimum absolute atomic E-state index is 0.0623. The van der Waals surface area contributed by atoms with Gasteiger partial charge in [0.1, 0.15) is 5.75 Å². The number of ether oxygens (including phenoxy) is 1. The Hall–Kier alpha value is -1.84. The average molecular weight is 300 g/mol. The number of benzene rings is 1. The van der Waals surface area contributed by atoms with Gasteiger partial charge < -0.3 is 4.74 Å². The van der Waals surface area contributed by atoms with Crippen molar-refractivity contribution in [3.05, 3.63) is 29.8 Å². The highest BCUT2D eigenvalue weighted by molar-refractivity contribution is 5.87. The number of fused-ring (bicyclic) bond motifs is 2. The van der Waals surface area contributed by atoms with Crippen LogP contribution < -0.4 is 10.2 Å². The fraction of sp³-hybridized carbons (Fsp3) is 0.556. The Bertz CT molecular complexity index is 565. The Balaban J connectivity index is 1.51. The third kappa shape index (κ3) is 3.32. The number of methoxy groups -OCH3 is 1. The van der Waals surface area contributed by atoms with Crippen molar-refractivity contribution in [2.24, 2.45) is 22.9 Å². The molecule has 1 amide bonds.